The van der Waals surface area contributed by atoms with Crippen molar-refractivity contribution in [3.63, 3.8) is 0 Å². The Balaban J connectivity index is 0.00000120. The molecule has 3 rings (SSSR count). The van der Waals surface area contributed by atoms with Crippen molar-refractivity contribution in [3.05, 3.63) is 59.7 Å². The third kappa shape index (κ3) is 1.90. The summed E-state index contributed by atoms with van der Waals surface area (Å²) >= 11 is 0. The molecule has 0 atom stereocenters. The maximum Gasteiger partial charge on any atom is 0.315 e. The van der Waals surface area contributed by atoms with Crippen molar-refractivity contribution in [3.8, 4) is 11.5 Å². The van der Waals surface area contributed by atoms with E-state index < -0.39 is 11.9 Å². The number of carbonyl (C=O) groups is 1. The molecule has 0 spiro atoms. The first kappa shape index (κ1) is 12.7. The maximum absolute atomic E-state index is 11.4. The molecule has 2 aromatic carbocycles. The minimum atomic E-state index is -0.854. The second kappa shape index (κ2) is 4.85. The van der Waals surface area contributed by atoms with Crippen molar-refractivity contribution in [1.29, 1.82) is 0 Å². The van der Waals surface area contributed by atoms with E-state index in [1.807, 2.05) is 24.3 Å². The van der Waals surface area contributed by atoms with Crippen molar-refractivity contribution in [2.24, 2.45) is 0 Å². The second-order valence-corrected chi connectivity index (χ2v) is 3.95. The van der Waals surface area contributed by atoms with E-state index in [9.17, 15) is 9.90 Å². The van der Waals surface area contributed by atoms with Crippen LogP contribution in [0.25, 0.3) is 0 Å². The summed E-state index contributed by atoms with van der Waals surface area (Å²) in [4.78, 5) is 11.4. The molecular formula is C14H10AlO3. The number of fused-ring (bicyclic) bond motifs is 2. The molecule has 1 N–H and O–H groups in total. The van der Waals surface area contributed by atoms with E-state index in [1.54, 1.807) is 24.3 Å². The normalized spacial score (nSPS) is 12.7. The Bertz CT molecular complexity index is 550. The van der Waals surface area contributed by atoms with Crippen LogP contribution in [0.5, 0.6) is 11.5 Å². The summed E-state index contributed by atoms with van der Waals surface area (Å²) in [6.07, 6.45) is 0. The van der Waals surface area contributed by atoms with Crippen LogP contribution in [0.15, 0.2) is 48.5 Å². The summed E-state index contributed by atoms with van der Waals surface area (Å²) in [5.74, 6) is -0.249. The Morgan fingerprint density at radius 3 is 1.83 bits per heavy atom. The first-order valence-electron chi connectivity index (χ1n) is 5.36. The first-order valence-corrected chi connectivity index (χ1v) is 5.36. The minimum absolute atomic E-state index is 0. The van der Waals surface area contributed by atoms with Gasteiger partial charge in [-0.1, -0.05) is 36.4 Å². The van der Waals surface area contributed by atoms with Crippen molar-refractivity contribution < 1.29 is 14.6 Å². The topological polar surface area (TPSA) is 46.5 Å². The lowest BCUT2D eigenvalue weighted by atomic mass is 9.88. The third-order valence-corrected chi connectivity index (χ3v) is 2.93. The van der Waals surface area contributed by atoms with Crippen LogP contribution in [0.3, 0.4) is 0 Å². The third-order valence-electron chi connectivity index (χ3n) is 2.93. The van der Waals surface area contributed by atoms with Gasteiger partial charge in [-0.25, -0.2) is 0 Å². The summed E-state index contributed by atoms with van der Waals surface area (Å²) < 4.78 is 5.69. The molecule has 0 unspecified atom stereocenters. The van der Waals surface area contributed by atoms with Gasteiger partial charge >= 0.3 is 5.97 Å². The Morgan fingerprint density at radius 1 is 0.944 bits per heavy atom. The lowest BCUT2D eigenvalue weighted by Gasteiger charge is -2.25. The van der Waals surface area contributed by atoms with Gasteiger partial charge in [0.2, 0.25) is 0 Å². The van der Waals surface area contributed by atoms with Gasteiger partial charge in [0.05, 0.1) is 0 Å². The first-order chi connectivity index (χ1) is 8.27. The average molecular weight is 253 g/mol. The zero-order chi connectivity index (χ0) is 11.8. The fourth-order valence-corrected chi connectivity index (χ4v) is 2.18. The molecule has 0 aromatic heterocycles. The molecular weight excluding hydrogens is 243 g/mol. The summed E-state index contributed by atoms with van der Waals surface area (Å²) in [6.45, 7) is 0. The highest BCUT2D eigenvalue weighted by Crippen LogP contribution is 2.43. The van der Waals surface area contributed by atoms with Gasteiger partial charge in [-0.3, -0.25) is 4.79 Å². The summed E-state index contributed by atoms with van der Waals surface area (Å²) in [6, 6.07) is 14.5. The van der Waals surface area contributed by atoms with Crippen molar-refractivity contribution in [2.45, 2.75) is 5.92 Å². The van der Waals surface area contributed by atoms with Crippen LogP contribution < -0.4 is 4.74 Å². The van der Waals surface area contributed by atoms with Gasteiger partial charge in [0.15, 0.2) is 0 Å². The lowest BCUT2D eigenvalue weighted by Crippen LogP contribution is -2.18. The van der Waals surface area contributed by atoms with Crippen LogP contribution in [0, 0.1) is 0 Å². The van der Waals surface area contributed by atoms with E-state index in [2.05, 4.69) is 0 Å². The second-order valence-electron chi connectivity index (χ2n) is 3.95. The number of hydrogen-bond acceptors (Lipinski definition) is 2. The molecule has 2 aromatic rings. The van der Waals surface area contributed by atoms with E-state index in [0.29, 0.717) is 22.6 Å². The van der Waals surface area contributed by atoms with Crippen LogP contribution in [0.2, 0.25) is 0 Å². The monoisotopic (exact) mass is 253 g/mol. The van der Waals surface area contributed by atoms with E-state index >= 15 is 0 Å². The Labute approximate surface area is 115 Å². The summed E-state index contributed by atoms with van der Waals surface area (Å²) in [5, 5.41) is 9.38. The maximum atomic E-state index is 11.4. The van der Waals surface area contributed by atoms with Crippen LogP contribution in [0.1, 0.15) is 17.0 Å². The largest absolute Gasteiger partial charge is 0.481 e. The van der Waals surface area contributed by atoms with Gasteiger partial charge in [0, 0.05) is 28.5 Å². The smallest absolute Gasteiger partial charge is 0.315 e. The molecule has 0 saturated carbocycles. The number of benzene rings is 2. The van der Waals surface area contributed by atoms with Gasteiger partial charge in [-0.05, 0) is 12.1 Å². The number of aliphatic carboxylic acids is 1. The SMILES string of the molecule is O=C(O)C1c2ccccc2Oc2ccccc21.[Al]. The molecule has 0 aliphatic carbocycles. The summed E-state index contributed by atoms with van der Waals surface area (Å²) in [5.41, 5.74) is 1.41. The molecule has 1 aliphatic heterocycles. The molecule has 0 saturated heterocycles. The molecule has 1 heterocycles. The van der Waals surface area contributed by atoms with Crippen LogP contribution in [-0.4, -0.2) is 28.4 Å². The van der Waals surface area contributed by atoms with E-state index in [0.717, 1.165) is 0 Å². The zero-order valence-electron chi connectivity index (χ0n) is 9.54. The van der Waals surface area contributed by atoms with Crippen molar-refractivity contribution in [1.82, 2.24) is 0 Å². The van der Waals surface area contributed by atoms with Gasteiger partial charge in [-0.2, -0.15) is 0 Å². The standard InChI is InChI=1S/C14H10O3.Al/c15-14(16)13-9-5-1-3-7-11(9)17-12-8-4-2-6-10(12)13;/h1-8,13H,(H,15,16);. The molecule has 4 heteroatoms. The van der Waals surface area contributed by atoms with Crippen LogP contribution >= 0.6 is 0 Å². The molecule has 0 amide bonds. The number of hydrogen-bond donors (Lipinski definition) is 1. The zero-order valence-corrected chi connectivity index (χ0v) is 10.7. The molecule has 87 valence electrons. The number of carboxylic acid groups (broad SMARTS) is 1. The number of carboxylic acids is 1. The van der Waals surface area contributed by atoms with Gasteiger partial charge in [0.1, 0.15) is 17.4 Å². The van der Waals surface area contributed by atoms with Crippen LogP contribution in [0.4, 0.5) is 0 Å². The van der Waals surface area contributed by atoms with Crippen molar-refractivity contribution in [2.75, 3.05) is 0 Å². The molecule has 0 fully saturated rings. The highest BCUT2D eigenvalue weighted by molar-refractivity contribution is 5.83. The number of rotatable bonds is 1. The molecule has 3 nitrogen and oxygen atoms in total. The highest BCUT2D eigenvalue weighted by Gasteiger charge is 2.31. The van der Waals surface area contributed by atoms with Gasteiger partial charge in [0.25, 0.3) is 0 Å². The van der Waals surface area contributed by atoms with Gasteiger partial charge < -0.3 is 9.84 Å². The highest BCUT2D eigenvalue weighted by atomic mass is 27.0. The fraction of sp³-hybridized carbons (Fsp3) is 0.0714. The minimum Gasteiger partial charge on any atom is -0.481 e. The van der Waals surface area contributed by atoms with Gasteiger partial charge in [-0.15, -0.1) is 0 Å². The molecule has 0 bridgehead atoms. The number of ether oxygens (including phenoxy) is 1. The van der Waals surface area contributed by atoms with Crippen molar-refractivity contribution >= 4 is 23.3 Å². The molecule has 1 aliphatic rings. The predicted molar refractivity (Wildman–Crippen MR) is 68.2 cm³/mol. The van der Waals surface area contributed by atoms with Crippen LogP contribution in [-0.2, 0) is 4.79 Å². The van der Waals surface area contributed by atoms with E-state index in [1.165, 1.54) is 0 Å². The Morgan fingerprint density at radius 2 is 1.39 bits per heavy atom. The Hall–Kier alpha value is -1.76. The predicted octanol–water partition coefficient (Wildman–Crippen LogP) is 2.63. The molecule has 18 heavy (non-hydrogen) atoms. The number of para-hydroxylation sites is 2. The Kier molecular flexibility index (Phi) is 3.42. The summed E-state index contributed by atoms with van der Waals surface area (Å²) in [7, 11) is 0. The average Bonchev–Trinajstić information content (AvgIpc) is 2.35. The quantitative estimate of drug-likeness (QED) is 0.795. The van der Waals surface area contributed by atoms with E-state index in [-0.39, 0.29) is 17.4 Å². The molecule has 3 radical (unpaired) electrons. The lowest BCUT2D eigenvalue weighted by molar-refractivity contribution is -0.137. The fourth-order valence-electron chi connectivity index (χ4n) is 2.18. The van der Waals surface area contributed by atoms with E-state index in [4.69, 9.17) is 4.74 Å².